The van der Waals surface area contributed by atoms with Gasteiger partial charge < -0.3 is 10.2 Å². The van der Waals surface area contributed by atoms with Crippen LogP contribution in [0.15, 0.2) is 133 Å². The maximum Gasteiger partial charge on any atom is 0.239 e. The van der Waals surface area contributed by atoms with Crippen molar-refractivity contribution in [2.24, 2.45) is 0 Å². The van der Waals surface area contributed by atoms with Crippen molar-refractivity contribution >= 4 is 17.3 Å². The zero-order valence-electron chi connectivity index (χ0n) is 25.2. The molecule has 5 aromatic rings. The SMILES string of the molecule is O=C(Nc1ccccc1)C1(CCCCN2CCN(c3ccc(-c4ccccc4)cc3)CC2)c2ccccc2-c2ccccc21. The minimum absolute atomic E-state index is 0.0630. The van der Waals surface area contributed by atoms with Gasteiger partial charge in [-0.15, -0.1) is 0 Å². The molecule has 7 rings (SSSR count). The molecule has 0 unspecified atom stereocenters. The molecule has 0 aromatic heterocycles. The number of piperazine rings is 1. The van der Waals surface area contributed by atoms with E-state index in [1.165, 1.54) is 27.9 Å². The maximum absolute atomic E-state index is 14.3. The average Bonchev–Trinajstić information content (AvgIpc) is 3.38. The van der Waals surface area contributed by atoms with Crippen molar-refractivity contribution in [3.8, 4) is 22.3 Å². The quantitative estimate of drug-likeness (QED) is 0.179. The molecule has 1 aliphatic heterocycles. The number of hydrogen-bond acceptors (Lipinski definition) is 3. The third kappa shape index (κ3) is 5.42. The second-order valence-electron chi connectivity index (χ2n) is 12.0. The van der Waals surface area contributed by atoms with E-state index in [1.54, 1.807) is 0 Å². The first-order chi connectivity index (χ1) is 21.7. The van der Waals surface area contributed by atoms with Crippen molar-refractivity contribution < 1.29 is 4.79 Å². The van der Waals surface area contributed by atoms with E-state index >= 15 is 0 Å². The largest absolute Gasteiger partial charge is 0.369 e. The number of carbonyl (C=O) groups excluding carboxylic acids is 1. The Kier molecular flexibility index (Phi) is 8.00. The van der Waals surface area contributed by atoms with Gasteiger partial charge in [0, 0.05) is 37.6 Å². The molecular formula is C40H39N3O. The second kappa shape index (κ2) is 12.5. The van der Waals surface area contributed by atoms with Crippen LogP contribution in [0.1, 0.15) is 30.4 Å². The topological polar surface area (TPSA) is 35.6 Å². The van der Waals surface area contributed by atoms with Crippen LogP contribution in [-0.4, -0.2) is 43.5 Å². The Labute approximate surface area is 261 Å². The number of benzene rings is 5. The van der Waals surface area contributed by atoms with Gasteiger partial charge in [-0.3, -0.25) is 9.69 Å². The molecule has 0 atom stereocenters. The summed E-state index contributed by atoms with van der Waals surface area (Å²) >= 11 is 0. The van der Waals surface area contributed by atoms with Crippen molar-refractivity contribution in [1.29, 1.82) is 0 Å². The molecule has 4 nitrogen and oxygen atoms in total. The van der Waals surface area contributed by atoms with Gasteiger partial charge in [0.25, 0.3) is 0 Å². The van der Waals surface area contributed by atoms with Gasteiger partial charge in [0.15, 0.2) is 0 Å². The van der Waals surface area contributed by atoms with E-state index < -0.39 is 5.41 Å². The average molecular weight is 578 g/mol. The maximum atomic E-state index is 14.3. The Morgan fingerprint density at radius 1 is 0.591 bits per heavy atom. The van der Waals surface area contributed by atoms with Crippen molar-refractivity contribution in [2.45, 2.75) is 24.7 Å². The van der Waals surface area contributed by atoms with Gasteiger partial charge in [-0.2, -0.15) is 0 Å². The minimum atomic E-state index is -0.701. The summed E-state index contributed by atoms with van der Waals surface area (Å²) in [6.07, 6.45) is 2.83. The first-order valence-corrected chi connectivity index (χ1v) is 15.9. The van der Waals surface area contributed by atoms with Gasteiger partial charge in [0.1, 0.15) is 5.41 Å². The lowest BCUT2D eigenvalue weighted by Gasteiger charge is -2.36. The summed E-state index contributed by atoms with van der Waals surface area (Å²) in [4.78, 5) is 19.4. The predicted octanol–water partition coefficient (Wildman–Crippen LogP) is 8.25. The highest BCUT2D eigenvalue weighted by atomic mass is 16.2. The number of fused-ring (bicyclic) bond motifs is 3. The van der Waals surface area contributed by atoms with Gasteiger partial charge >= 0.3 is 0 Å². The molecule has 1 fully saturated rings. The molecule has 5 aromatic carbocycles. The number of nitrogens with one attached hydrogen (secondary N) is 1. The zero-order valence-corrected chi connectivity index (χ0v) is 25.2. The highest BCUT2D eigenvalue weighted by Crippen LogP contribution is 2.52. The zero-order chi connectivity index (χ0) is 29.8. The molecule has 0 saturated carbocycles. The monoisotopic (exact) mass is 577 g/mol. The summed E-state index contributed by atoms with van der Waals surface area (Å²) in [7, 11) is 0. The van der Waals surface area contributed by atoms with Gasteiger partial charge in [-0.1, -0.05) is 116 Å². The number of rotatable bonds is 9. The van der Waals surface area contributed by atoms with Gasteiger partial charge in [-0.05, 0) is 77.0 Å². The van der Waals surface area contributed by atoms with Crippen LogP contribution in [0.25, 0.3) is 22.3 Å². The molecule has 2 aliphatic rings. The molecular weight excluding hydrogens is 538 g/mol. The number of para-hydroxylation sites is 1. The number of anilines is 2. The highest BCUT2D eigenvalue weighted by Gasteiger charge is 2.48. The van der Waals surface area contributed by atoms with Crippen LogP contribution in [0.2, 0.25) is 0 Å². The molecule has 1 aliphatic carbocycles. The fourth-order valence-electron chi connectivity index (χ4n) is 7.16. The van der Waals surface area contributed by atoms with Crippen LogP contribution < -0.4 is 10.2 Å². The first kappa shape index (κ1) is 28.1. The third-order valence-corrected chi connectivity index (χ3v) is 9.47. The number of unbranched alkanes of at least 4 members (excludes halogenated alkanes) is 1. The lowest BCUT2D eigenvalue weighted by molar-refractivity contribution is -0.120. The molecule has 220 valence electrons. The van der Waals surface area contributed by atoms with Crippen molar-refractivity contribution in [2.75, 3.05) is 42.9 Å². The summed E-state index contributed by atoms with van der Waals surface area (Å²) in [5.74, 6) is 0.0630. The molecule has 1 amide bonds. The van der Waals surface area contributed by atoms with Crippen LogP contribution >= 0.6 is 0 Å². The Bertz CT molecular complexity index is 1660. The smallest absolute Gasteiger partial charge is 0.239 e. The van der Waals surface area contributed by atoms with Crippen LogP contribution in [0.5, 0.6) is 0 Å². The van der Waals surface area contributed by atoms with Crippen molar-refractivity contribution in [3.63, 3.8) is 0 Å². The molecule has 0 radical (unpaired) electrons. The van der Waals surface area contributed by atoms with E-state index in [0.717, 1.165) is 68.8 Å². The summed E-state index contributed by atoms with van der Waals surface area (Å²) < 4.78 is 0. The second-order valence-corrected chi connectivity index (χ2v) is 12.0. The lowest BCUT2D eigenvalue weighted by Crippen LogP contribution is -2.46. The first-order valence-electron chi connectivity index (χ1n) is 15.9. The number of amides is 1. The van der Waals surface area contributed by atoms with Crippen LogP contribution in [0.4, 0.5) is 11.4 Å². The number of nitrogens with zero attached hydrogens (tertiary/aromatic N) is 2. The Hall–Kier alpha value is -4.67. The summed E-state index contributed by atoms with van der Waals surface area (Å²) in [5, 5.41) is 3.27. The van der Waals surface area contributed by atoms with E-state index in [1.807, 2.05) is 30.3 Å². The lowest BCUT2D eigenvalue weighted by atomic mass is 9.73. The Balaban J connectivity index is 1.00. The van der Waals surface area contributed by atoms with Gasteiger partial charge in [0.05, 0.1) is 0 Å². The van der Waals surface area contributed by atoms with Crippen LogP contribution in [0, 0.1) is 0 Å². The molecule has 1 saturated heterocycles. The minimum Gasteiger partial charge on any atom is -0.369 e. The number of carbonyl (C=O) groups is 1. The standard InChI is InChI=1S/C40H39N3O/c44-39(41-33-15-5-2-6-16-33)40(37-19-9-7-17-35(37)36-18-8-10-20-38(36)40)25-11-12-26-42-27-29-43(30-28-42)34-23-21-32(22-24-34)31-13-3-1-4-14-31/h1-10,13-24H,11-12,25-30H2,(H,41,44). The highest BCUT2D eigenvalue weighted by molar-refractivity contribution is 6.07. The van der Waals surface area contributed by atoms with E-state index in [0.29, 0.717) is 0 Å². The predicted molar refractivity (Wildman–Crippen MR) is 182 cm³/mol. The number of hydrogen-bond donors (Lipinski definition) is 1. The van der Waals surface area contributed by atoms with Gasteiger partial charge in [-0.25, -0.2) is 0 Å². The molecule has 1 heterocycles. The van der Waals surface area contributed by atoms with Gasteiger partial charge in [0.2, 0.25) is 5.91 Å². The third-order valence-electron chi connectivity index (χ3n) is 9.47. The van der Waals surface area contributed by atoms with E-state index in [-0.39, 0.29) is 5.91 Å². The summed E-state index contributed by atoms with van der Waals surface area (Å²) in [6.45, 7) is 5.25. The Morgan fingerprint density at radius 2 is 1.14 bits per heavy atom. The van der Waals surface area contributed by atoms with E-state index in [4.69, 9.17) is 0 Å². The Morgan fingerprint density at radius 3 is 1.77 bits per heavy atom. The van der Waals surface area contributed by atoms with E-state index in [2.05, 4.69) is 118 Å². The molecule has 4 heteroatoms. The molecule has 0 bridgehead atoms. The molecule has 0 spiro atoms. The van der Waals surface area contributed by atoms with Crippen molar-refractivity contribution in [3.05, 3.63) is 145 Å². The van der Waals surface area contributed by atoms with Crippen LogP contribution in [0.3, 0.4) is 0 Å². The fraction of sp³-hybridized carbons (Fsp3) is 0.225. The summed E-state index contributed by atoms with van der Waals surface area (Å²) in [6, 6.07) is 46.4. The summed E-state index contributed by atoms with van der Waals surface area (Å²) in [5.41, 5.74) is 8.57. The van der Waals surface area contributed by atoms with E-state index in [9.17, 15) is 4.79 Å². The normalized spacial score (nSPS) is 15.4. The molecule has 1 N–H and O–H groups in total. The fourth-order valence-corrected chi connectivity index (χ4v) is 7.16. The van der Waals surface area contributed by atoms with Crippen molar-refractivity contribution in [1.82, 2.24) is 4.90 Å². The molecule has 44 heavy (non-hydrogen) atoms. The van der Waals surface area contributed by atoms with Crippen LogP contribution in [-0.2, 0) is 10.2 Å².